The molecule has 0 amide bonds. The van der Waals surface area contributed by atoms with E-state index in [4.69, 9.17) is 4.74 Å². The first-order valence-electron chi connectivity index (χ1n) is 5.78. The molecule has 0 fully saturated rings. The molecule has 0 unspecified atom stereocenters. The molecule has 0 aliphatic heterocycles. The van der Waals surface area contributed by atoms with Crippen molar-refractivity contribution in [2.45, 2.75) is 46.8 Å². The van der Waals surface area contributed by atoms with Crippen LogP contribution in [0.4, 0.5) is 0 Å². The van der Waals surface area contributed by atoms with Crippen molar-refractivity contribution in [2.75, 3.05) is 6.54 Å². The van der Waals surface area contributed by atoms with E-state index in [0.717, 1.165) is 18.8 Å². The van der Waals surface area contributed by atoms with Gasteiger partial charge in [0.25, 0.3) is 0 Å². The van der Waals surface area contributed by atoms with Crippen LogP contribution in [0.2, 0.25) is 0 Å². The van der Waals surface area contributed by atoms with E-state index in [1.54, 1.807) is 0 Å². The summed E-state index contributed by atoms with van der Waals surface area (Å²) in [5.74, 6) is 0.699. The zero-order valence-electron chi connectivity index (χ0n) is 10.9. The van der Waals surface area contributed by atoms with E-state index in [1.807, 2.05) is 33.8 Å². The number of nitrogens with zero attached hydrogens (tertiary/aromatic N) is 1. The lowest BCUT2D eigenvalue weighted by atomic mass is 10.2. The van der Waals surface area contributed by atoms with Crippen molar-refractivity contribution in [1.82, 2.24) is 10.3 Å². The highest BCUT2D eigenvalue weighted by molar-refractivity contribution is 5.25. The summed E-state index contributed by atoms with van der Waals surface area (Å²) < 4.78 is 5.71. The third kappa shape index (κ3) is 4.19. The van der Waals surface area contributed by atoms with Gasteiger partial charge in [-0.1, -0.05) is 13.0 Å². The van der Waals surface area contributed by atoms with Crippen molar-refractivity contribution < 1.29 is 4.74 Å². The Morgan fingerprint density at radius 1 is 1.31 bits per heavy atom. The molecule has 3 heteroatoms. The second-order valence-corrected chi connectivity index (χ2v) is 4.89. The lowest BCUT2D eigenvalue weighted by Crippen LogP contribution is -2.23. The molecule has 1 aromatic heterocycles. The van der Waals surface area contributed by atoms with E-state index in [0.29, 0.717) is 5.88 Å². The van der Waals surface area contributed by atoms with Crippen LogP contribution in [0.3, 0.4) is 0 Å². The number of aryl methyl sites for hydroxylation is 1. The van der Waals surface area contributed by atoms with Crippen LogP contribution in [0.15, 0.2) is 12.1 Å². The van der Waals surface area contributed by atoms with Crippen LogP contribution in [-0.2, 0) is 6.54 Å². The Kier molecular flexibility index (Phi) is 4.30. The minimum absolute atomic E-state index is 0.192. The molecule has 0 bridgehead atoms. The molecule has 0 aromatic carbocycles. The highest BCUT2D eigenvalue weighted by Gasteiger charge is 2.13. The van der Waals surface area contributed by atoms with Crippen molar-refractivity contribution in [3.8, 4) is 5.88 Å². The van der Waals surface area contributed by atoms with Crippen molar-refractivity contribution in [2.24, 2.45) is 0 Å². The Morgan fingerprint density at radius 2 is 2.00 bits per heavy atom. The fraction of sp³-hybridized carbons (Fsp3) is 0.615. The second kappa shape index (κ2) is 5.30. The first-order valence-corrected chi connectivity index (χ1v) is 5.78. The summed E-state index contributed by atoms with van der Waals surface area (Å²) in [4.78, 5) is 4.45. The van der Waals surface area contributed by atoms with Gasteiger partial charge < -0.3 is 10.1 Å². The van der Waals surface area contributed by atoms with Crippen LogP contribution in [-0.4, -0.2) is 17.1 Å². The van der Waals surface area contributed by atoms with Gasteiger partial charge in [0, 0.05) is 18.3 Å². The normalized spacial score (nSPS) is 11.6. The van der Waals surface area contributed by atoms with Gasteiger partial charge in [0.05, 0.1) is 0 Å². The zero-order valence-corrected chi connectivity index (χ0v) is 10.9. The Hall–Kier alpha value is -1.09. The molecule has 1 aromatic rings. The summed E-state index contributed by atoms with van der Waals surface area (Å²) in [5.41, 5.74) is 2.06. The highest BCUT2D eigenvalue weighted by Crippen LogP contribution is 2.17. The number of pyridine rings is 1. The first-order chi connectivity index (χ1) is 7.42. The lowest BCUT2D eigenvalue weighted by molar-refractivity contribution is 0.124. The molecule has 0 atom stereocenters. The molecular formula is C13H22N2O. The fourth-order valence-corrected chi connectivity index (χ4v) is 1.38. The van der Waals surface area contributed by atoms with E-state index in [1.165, 1.54) is 5.56 Å². The van der Waals surface area contributed by atoms with Crippen LogP contribution in [0.25, 0.3) is 0 Å². The van der Waals surface area contributed by atoms with E-state index in [2.05, 4.69) is 23.3 Å². The second-order valence-electron chi connectivity index (χ2n) is 4.89. The van der Waals surface area contributed by atoms with Crippen LogP contribution in [0, 0.1) is 6.92 Å². The zero-order chi connectivity index (χ0) is 12.2. The molecule has 0 radical (unpaired) electrons. The van der Waals surface area contributed by atoms with Gasteiger partial charge in [0.1, 0.15) is 5.60 Å². The molecule has 1 rings (SSSR count). The average Bonchev–Trinajstić information content (AvgIpc) is 2.14. The molecule has 0 saturated heterocycles. The van der Waals surface area contributed by atoms with Gasteiger partial charge >= 0.3 is 0 Å². The maximum absolute atomic E-state index is 5.71. The molecule has 0 spiro atoms. The van der Waals surface area contributed by atoms with Gasteiger partial charge in [0.2, 0.25) is 5.88 Å². The van der Waals surface area contributed by atoms with E-state index in [9.17, 15) is 0 Å². The monoisotopic (exact) mass is 222 g/mol. The van der Waals surface area contributed by atoms with Crippen LogP contribution in [0.1, 0.15) is 39.0 Å². The van der Waals surface area contributed by atoms with Gasteiger partial charge in [-0.05, 0) is 39.8 Å². The average molecular weight is 222 g/mol. The van der Waals surface area contributed by atoms with Crippen LogP contribution in [0.5, 0.6) is 5.88 Å². The minimum atomic E-state index is -0.192. The third-order valence-corrected chi connectivity index (χ3v) is 2.15. The largest absolute Gasteiger partial charge is 0.472 e. The number of hydrogen-bond donors (Lipinski definition) is 1. The first kappa shape index (κ1) is 13.0. The summed E-state index contributed by atoms with van der Waals surface area (Å²) in [6.07, 6.45) is 0. The number of nitrogens with one attached hydrogen (secondary N) is 1. The number of hydrogen-bond acceptors (Lipinski definition) is 3. The Balaban J connectivity index is 2.74. The molecule has 1 N–H and O–H groups in total. The van der Waals surface area contributed by atoms with Crippen LogP contribution < -0.4 is 10.1 Å². The quantitative estimate of drug-likeness (QED) is 0.850. The summed E-state index contributed by atoms with van der Waals surface area (Å²) in [5, 5.41) is 3.29. The van der Waals surface area contributed by atoms with Gasteiger partial charge in [0.15, 0.2) is 0 Å². The van der Waals surface area contributed by atoms with E-state index < -0.39 is 0 Å². The summed E-state index contributed by atoms with van der Waals surface area (Å²) in [6.45, 7) is 12.0. The van der Waals surface area contributed by atoms with Gasteiger partial charge in [-0.3, -0.25) is 0 Å². The smallest absolute Gasteiger partial charge is 0.213 e. The highest BCUT2D eigenvalue weighted by atomic mass is 16.5. The maximum atomic E-state index is 5.71. The molecule has 0 aliphatic carbocycles. The van der Waals surface area contributed by atoms with E-state index in [-0.39, 0.29) is 5.60 Å². The molecule has 0 saturated carbocycles. The molecule has 16 heavy (non-hydrogen) atoms. The topological polar surface area (TPSA) is 34.1 Å². The lowest BCUT2D eigenvalue weighted by Gasteiger charge is -2.20. The summed E-state index contributed by atoms with van der Waals surface area (Å²) in [6, 6.07) is 4.01. The summed E-state index contributed by atoms with van der Waals surface area (Å²) in [7, 11) is 0. The fourth-order valence-electron chi connectivity index (χ4n) is 1.38. The Labute approximate surface area is 98.2 Å². The summed E-state index contributed by atoms with van der Waals surface area (Å²) >= 11 is 0. The number of aromatic nitrogens is 1. The predicted molar refractivity (Wildman–Crippen MR) is 66.7 cm³/mol. The molecule has 0 aliphatic rings. The van der Waals surface area contributed by atoms with Gasteiger partial charge in [-0.2, -0.15) is 0 Å². The standard InChI is InChI=1S/C13H22N2O/c1-6-14-9-11-7-8-12(15-10(11)2)16-13(3,4)5/h7-8,14H,6,9H2,1-5H3. The maximum Gasteiger partial charge on any atom is 0.213 e. The van der Waals surface area contributed by atoms with Gasteiger partial charge in [-0.15, -0.1) is 0 Å². The molecule has 1 heterocycles. The molecule has 90 valence electrons. The van der Waals surface area contributed by atoms with Crippen molar-refractivity contribution in [3.63, 3.8) is 0 Å². The third-order valence-electron chi connectivity index (χ3n) is 2.15. The SMILES string of the molecule is CCNCc1ccc(OC(C)(C)C)nc1C. The minimum Gasteiger partial charge on any atom is -0.472 e. The Morgan fingerprint density at radius 3 is 2.50 bits per heavy atom. The van der Waals surface area contributed by atoms with E-state index >= 15 is 0 Å². The van der Waals surface area contributed by atoms with Crippen LogP contribution >= 0.6 is 0 Å². The molecular weight excluding hydrogens is 200 g/mol. The number of ether oxygens (including phenoxy) is 1. The van der Waals surface area contributed by atoms with Crippen molar-refractivity contribution in [1.29, 1.82) is 0 Å². The van der Waals surface area contributed by atoms with Gasteiger partial charge in [-0.25, -0.2) is 4.98 Å². The van der Waals surface area contributed by atoms with Crippen molar-refractivity contribution >= 4 is 0 Å². The predicted octanol–water partition coefficient (Wildman–Crippen LogP) is 2.68. The number of rotatable bonds is 4. The molecule has 3 nitrogen and oxygen atoms in total. The Bertz CT molecular complexity index is 342. The van der Waals surface area contributed by atoms with Crippen molar-refractivity contribution in [3.05, 3.63) is 23.4 Å².